The molecule has 3 heterocycles. The van der Waals surface area contributed by atoms with Crippen LogP contribution < -0.4 is 0 Å². The molecule has 4 rings (SSSR count). The highest BCUT2D eigenvalue weighted by molar-refractivity contribution is 6.09. The van der Waals surface area contributed by atoms with Crippen molar-refractivity contribution in [3.8, 4) is 0 Å². The van der Waals surface area contributed by atoms with Gasteiger partial charge < -0.3 is 25.1 Å². The Morgan fingerprint density at radius 3 is 2.57 bits per heavy atom. The molecule has 1 aliphatic heterocycles. The van der Waals surface area contributed by atoms with Gasteiger partial charge in [-0.2, -0.15) is 0 Å². The highest BCUT2D eigenvalue weighted by atomic mass is 19.1. The second kappa shape index (κ2) is 8.60. The number of aryl methyl sites for hydroxylation is 1. The van der Waals surface area contributed by atoms with E-state index < -0.39 is 11.9 Å². The summed E-state index contributed by atoms with van der Waals surface area (Å²) in [5.74, 6) is -2.91. The summed E-state index contributed by atoms with van der Waals surface area (Å²) < 4.78 is 13.9. The lowest BCUT2D eigenvalue weighted by Crippen LogP contribution is -2.37. The van der Waals surface area contributed by atoms with Crippen molar-refractivity contribution < 1.29 is 29.0 Å². The summed E-state index contributed by atoms with van der Waals surface area (Å²) in [7, 11) is 0. The topological polar surface area (TPSA) is 139 Å². The molecule has 3 aromatic rings. The second-order valence-electron chi connectivity index (χ2n) is 6.60. The molecule has 0 saturated heterocycles. The number of H-pyrrole nitrogens is 2. The first kappa shape index (κ1) is 20.8. The van der Waals surface area contributed by atoms with Crippen molar-refractivity contribution in [3.63, 3.8) is 0 Å². The number of aromatic amines is 2. The molecule has 0 aliphatic carbocycles. The maximum absolute atomic E-state index is 13.9. The van der Waals surface area contributed by atoms with Crippen molar-refractivity contribution in [1.29, 1.82) is 0 Å². The number of nitrogens with zero attached hydrogens (tertiary/aromatic N) is 2. The maximum Gasteiger partial charge on any atom is 0.328 e. The molecule has 30 heavy (non-hydrogen) atoms. The minimum Gasteiger partial charge on any atom is -0.478 e. The highest BCUT2D eigenvalue weighted by Crippen LogP contribution is 2.29. The van der Waals surface area contributed by atoms with Crippen LogP contribution in [0.15, 0.2) is 36.7 Å². The Balaban J connectivity index is 0.000000275. The molecule has 156 valence electrons. The normalized spacial score (nSPS) is 13.3. The molecule has 10 heteroatoms. The lowest BCUT2D eigenvalue weighted by Gasteiger charge is -2.26. The number of benzene rings is 1. The van der Waals surface area contributed by atoms with Crippen LogP contribution in [-0.4, -0.2) is 54.5 Å². The summed E-state index contributed by atoms with van der Waals surface area (Å²) >= 11 is 0. The number of nitrogens with one attached hydrogen (secondary N) is 2. The predicted octanol–water partition coefficient (Wildman–Crippen LogP) is 2.25. The molecule has 2 aromatic heterocycles. The second-order valence-corrected chi connectivity index (χ2v) is 6.60. The number of carboxylic acid groups (broad SMARTS) is 2. The van der Waals surface area contributed by atoms with E-state index in [4.69, 9.17) is 10.2 Å². The Kier molecular flexibility index (Phi) is 5.95. The lowest BCUT2D eigenvalue weighted by atomic mass is 10.0. The number of fused-ring (bicyclic) bond motifs is 3. The van der Waals surface area contributed by atoms with Crippen molar-refractivity contribution in [2.24, 2.45) is 0 Å². The van der Waals surface area contributed by atoms with Gasteiger partial charge in [0, 0.05) is 41.9 Å². The monoisotopic (exact) mass is 414 g/mol. The van der Waals surface area contributed by atoms with Gasteiger partial charge in [0.1, 0.15) is 5.82 Å². The van der Waals surface area contributed by atoms with E-state index in [1.807, 2.05) is 6.92 Å². The smallest absolute Gasteiger partial charge is 0.328 e. The van der Waals surface area contributed by atoms with Gasteiger partial charge in [-0.05, 0) is 13.0 Å². The molecule has 0 spiro atoms. The molecule has 1 aliphatic rings. The van der Waals surface area contributed by atoms with Gasteiger partial charge in [-0.3, -0.25) is 4.79 Å². The van der Waals surface area contributed by atoms with Crippen LogP contribution in [0.4, 0.5) is 4.39 Å². The van der Waals surface area contributed by atoms with E-state index in [0.717, 1.165) is 17.1 Å². The number of carbonyl (C=O) groups is 3. The maximum atomic E-state index is 13.9. The number of para-hydroxylation sites is 1. The first-order valence-corrected chi connectivity index (χ1v) is 8.99. The molecule has 0 radical (unpaired) electrons. The Labute approximate surface area is 169 Å². The number of aliphatic carboxylic acids is 2. The molecule has 4 N–H and O–H groups in total. The number of carboxylic acids is 2. The number of rotatable bonds is 4. The first-order valence-electron chi connectivity index (χ1n) is 8.99. The molecule has 0 saturated carbocycles. The zero-order valence-electron chi connectivity index (χ0n) is 16.0. The van der Waals surface area contributed by atoms with Crippen molar-refractivity contribution in [2.45, 2.75) is 19.9 Å². The predicted molar refractivity (Wildman–Crippen MR) is 104 cm³/mol. The van der Waals surface area contributed by atoms with Crippen LogP contribution in [0.3, 0.4) is 0 Å². The number of hydrogen-bond donors (Lipinski definition) is 4. The fraction of sp³-hybridized carbons (Fsp3) is 0.200. The molecular formula is C20H19FN4O5. The quantitative estimate of drug-likeness (QED) is 0.483. The van der Waals surface area contributed by atoms with Gasteiger partial charge in [0.25, 0.3) is 5.91 Å². The standard InChI is InChI=1S/C16H15FN4O.C4H4O4/c1-9-13(19-8-18-9)7-21-6-5-12-14(16(21)22)10-3-2-4-11(17)15(10)20-12;5-3(6)1-2-4(7)8/h2-4,8,20H,5-7H2,1H3,(H,18,19);1-2H,(H,5,6)(H,7,8). The van der Waals surface area contributed by atoms with Gasteiger partial charge in [-0.25, -0.2) is 19.0 Å². The van der Waals surface area contributed by atoms with Crippen LogP contribution in [0, 0.1) is 12.7 Å². The van der Waals surface area contributed by atoms with Crippen molar-refractivity contribution in [3.05, 3.63) is 65.1 Å². The molecule has 9 nitrogen and oxygen atoms in total. The van der Waals surface area contributed by atoms with E-state index in [1.165, 1.54) is 6.07 Å². The molecule has 0 atom stereocenters. The molecule has 0 unspecified atom stereocenters. The minimum absolute atomic E-state index is 0.0690. The van der Waals surface area contributed by atoms with Crippen LogP contribution in [-0.2, 0) is 22.6 Å². The van der Waals surface area contributed by atoms with Crippen LogP contribution in [0.5, 0.6) is 0 Å². The Morgan fingerprint density at radius 1 is 1.27 bits per heavy atom. The third-order valence-corrected chi connectivity index (χ3v) is 4.64. The van der Waals surface area contributed by atoms with Gasteiger partial charge in [0.2, 0.25) is 0 Å². The van der Waals surface area contributed by atoms with Gasteiger partial charge in [0.15, 0.2) is 0 Å². The number of imidazole rings is 1. The van der Waals surface area contributed by atoms with E-state index in [2.05, 4.69) is 15.0 Å². The number of carbonyl (C=O) groups excluding carboxylic acids is 1. The first-order chi connectivity index (χ1) is 14.3. The molecule has 1 aromatic carbocycles. The van der Waals surface area contributed by atoms with Gasteiger partial charge >= 0.3 is 11.9 Å². The summed E-state index contributed by atoms with van der Waals surface area (Å²) in [5.41, 5.74) is 3.65. The molecule has 0 bridgehead atoms. The average Bonchev–Trinajstić information content (AvgIpc) is 3.27. The van der Waals surface area contributed by atoms with Crippen LogP contribution in [0.25, 0.3) is 10.9 Å². The summed E-state index contributed by atoms with van der Waals surface area (Å²) in [4.78, 5) is 44.0. The van der Waals surface area contributed by atoms with E-state index >= 15 is 0 Å². The van der Waals surface area contributed by atoms with Crippen LogP contribution in [0.2, 0.25) is 0 Å². The number of hydrogen-bond acceptors (Lipinski definition) is 4. The zero-order valence-corrected chi connectivity index (χ0v) is 16.0. The fourth-order valence-corrected chi connectivity index (χ4v) is 3.19. The summed E-state index contributed by atoms with van der Waals surface area (Å²) in [5, 5.41) is 16.3. The van der Waals surface area contributed by atoms with Gasteiger partial charge in [0.05, 0.1) is 29.6 Å². The average molecular weight is 414 g/mol. The Bertz CT molecular complexity index is 1130. The SMILES string of the molecule is Cc1[nH]cnc1CN1CCc2[nH]c3c(F)cccc3c2C1=O.O=C(O)C=CC(=O)O. The van der Waals surface area contributed by atoms with Crippen LogP contribution in [0.1, 0.15) is 27.4 Å². The van der Waals surface area contributed by atoms with E-state index in [9.17, 15) is 18.8 Å². The molecule has 0 fully saturated rings. The zero-order chi connectivity index (χ0) is 21.8. The summed E-state index contributed by atoms with van der Waals surface area (Å²) in [6.07, 6.45) is 3.44. The summed E-state index contributed by atoms with van der Waals surface area (Å²) in [6, 6.07) is 4.82. The Morgan fingerprint density at radius 2 is 1.97 bits per heavy atom. The van der Waals surface area contributed by atoms with Crippen molar-refractivity contribution >= 4 is 28.7 Å². The number of halogens is 1. The third-order valence-electron chi connectivity index (χ3n) is 4.64. The lowest BCUT2D eigenvalue weighted by molar-refractivity contribution is -0.134. The van der Waals surface area contributed by atoms with Crippen LogP contribution >= 0.6 is 0 Å². The summed E-state index contributed by atoms with van der Waals surface area (Å²) in [6.45, 7) is 3.01. The van der Waals surface area contributed by atoms with E-state index in [-0.39, 0.29) is 11.7 Å². The number of aromatic nitrogens is 3. The fourth-order valence-electron chi connectivity index (χ4n) is 3.19. The Hall–Kier alpha value is -3.95. The minimum atomic E-state index is -1.26. The largest absolute Gasteiger partial charge is 0.478 e. The molecular weight excluding hydrogens is 395 g/mol. The highest BCUT2D eigenvalue weighted by Gasteiger charge is 2.29. The number of amides is 1. The van der Waals surface area contributed by atoms with Gasteiger partial charge in [-0.15, -0.1) is 0 Å². The van der Waals surface area contributed by atoms with E-state index in [1.54, 1.807) is 23.4 Å². The molecule has 1 amide bonds. The van der Waals surface area contributed by atoms with Gasteiger partial charge in [-0.1, -0.05) is 12.1 Å². The van der Waals surface area contributed by atoms with E-state index in [0.29, 0.717) is 48.1 Å². The third kappa shape index (κ3) is 4.37. The van der Waals surface area contributed by atoms with Crippen molar-refractivity contribution in [1.82, 2.24) is 19.9 Å². The van der Waals surface area contributed by atoms with Crippen molar-refractivity contribution in [2.75, 3.05) is 6.54 Å².